The lowest BCUT2D eigenvalue weighted by Gasteiger charge is -2.32. The number of carbonyl (C=O) groups excluding carboxylic acids is 1. The Morgan fingerprint density at radius 1 is 0.848 bits per heavy atom. The van der Waals surface area contributed by atoms with Crippen molar-refractivity contribution in [3.05, 3.63) is 94.5 Å². The number of rotatable bonds is 10. The topological polar surface area (TPSA) is 57.6 Å². The molecule has 0 radical (unpaired) electrons. The smallest absolute Gasteiger partial charge is 0.335 e. The number of nitrogens with zero attached hydrogens (tertiary/aromatic N) is 1. The fraction of sp³-hybridized carbons (Fsp3) is 0.286. The average Bonchev–Trinajstić information content (AvgIpc) is 2.83. The third kappa shape index (κ3) is 6.45. The minimum absolute atomic E-state index is 0.00292. The van der Waals surface area contributed by atoms with Crippen molar-refractivity contribution in [3.63, 3.8) is 0 Å². The van der Waals surface area contributed by atoms with Gasteiger partial charge >= 0.3 is 5.97 Å². The molecule has 0 atom stereocenters. The van der Waals surface area contributed by atoms with Gasteiger partial charge in [-0.3, -0.25) is 4.79 Å². The molecule has 4 nitrogen and oxygen atoms in total. The molecular formula is C28H30ClNO3. The molecule has 3 rings (SSSR count). The van der Waals surface area contributed by atoms with Crippen LogP contribution in [0.5, 0.6) is 0 Å². The van der Waals surface area contributed by atoms with Gasteiger partial charge in [0.1, 0.15) is 0 Å². The van der Waals surface area contributed by atoms with Crippen molar-refractivity contribution in [2.75, 3.05) is 0 Å². The summed E-state index contributed by atoms with van der Waals surface area (Å²) in [6, 6.07) is 22.1. The number of hydrogen-bond donors (Lipinski definition) is 1. The van der Waals surface area contributed by atoms with Crippen LogP contribution in [0.3, 0.4) is 0 Å². The first-order valence-corrected chi connectivity index (χ1v) is 11.8. The lowest BCUT2D eigenvalue weighted by atomic mass is 9.99. The highest BCUT2D eigenvalue weighted by atomic mass is 35.5. The van der Waals surface area contributed by atoms with Gasteiger partial charge in [0, 0.05) is 23.2 Å². The Hall–Kier alpha value is -3.11. The number of amides is 1. The predicted octanol–water partition coefficient (Wildman–Crippen LogP) is 7.32. The van der Waals surface area contributed by atoms with Crippen molar-refractivity contribution in [1.82, 2.24) is 4.90 Å². The standard InChI is InChI=1S/C28H30ClNO3/c1-3-7-26(8-4-2)30(27(31)21-13-15-25(29)16-14-21)19-20-9-5-10-22(17-20)23-11-6-12-24(18-23)28(32)33/h5-6,9-18,26H,3-4,7-8,19H2,1-2H3,(H,32,33). The maximum absolute atomic E-state index is 13.5. The van der Waals surface area contributed by atoms with Crippen LogP contribution in [0.25, 0.3) is 11.1 Å². The van der Waals surface area contributed by atoms with Crippen molar-refractivity contribution in [3.8, 4) is 11.1 Å². The van der Waals surface area contributed by atoms with E-state index in [1.54, 1.807) is 42.5 Å². The van der Waals surface area contributed by atoms with Crippen LogP contribution >= 0.6 is 11.6 Å². The van der Waals surface area contributed by atoms with E-state index < -0.39 is 5.97 Å². The molecule has 0 unspecified atom stereocenters. The molecule has 0 aromatic heterocycles. The van der Waals surface area contributed by atoms with E-state index in [9.17, 15) is 14.7 Å². The van der Waals surface area contributed by atoms with E-state index >= 15 is 0 Å². The molecule has 0 spiro atoms. The van der Waals surface area contributed by atoms with E-state index in [1.165, 1.54) is 0 Å². The molecule has 0 heterocycles. The van der Waals surface area contributed by atoms with Crippen molar-refractivity contribution < 1.29 is 14.7 Å². The highest BCUT2D eigenvalue weighted by Gasteiger charge is 2.24. The number of carbonyl (C=O) groups is 2. The lowest BCUT2D eigenvalue weighted by Crippen LogP contribution is -2.39. The van der Waals surface area contributed by atoms with Crippen LogP contribution in [0, 0.1) is 0 Å². The molecule has 5 heteroatoms. The Bertz CT molecular complexity index is 1090. The molecule has 3 aromatic carbocycles. The summed E-state index contributed by atoms with van der Waals surface area (Å²) in [5.74, 6) is -0.952. The van der Waals surface area contributed by atoms with Gasteiger partial charge in [-0.2, -0.15) is 0 Å². The first-order chi connectivity index (χ1) is 15.9. The highest BCUT2D eigenvalue weighted by molar-refractivity contribution is 6.30. The summed E-state index contributed by atoms with van der Waals surface area (Å²) in [5.41, 5.74) is 3.65. The van der Waals surface area contributed by atoms with E-state index in [0.29, 0.717) is 17.1 Å². The third-order valence-electron chi connectivity index (χ3n) is 5.76. The van der Waals surface area contributed by atoms with Gasteiger partial charge in [-0.15, -0.1) is 0 Å². The zero-order chi connectivity index (χ0) is 23.8. The lowest BCUT2D eigenvalue weighted by molar-refractivity contribution is 0.0636. The molecule has 0 bridgehead atoms. The SMILES string of the molecule is CCCC(CCC)N(Cc1cccc(-c2cccc(C(=O)O)c2)c1)C(=O)c1ccc(Cl)cc1. The first kappa shape index (κ1) is 24.5. The summed E-state index contributed by atoms with van der Waals surface area (Å²) in [5, 5.41) is 9.93. The van der Waals surface area contributed by atoms with Crippen molar-refractivity contribution >= 4 is 23.5 Å². The quantitative estimate of drug-likeness (QED) is 0.342. The summed E-state index contributed by atoms with van der Waals surface area (Å²) in [6.45, 7) is 4.77. The molecule has 0 saturated heterocycles. The molecular weight excluding hydrogens is 434 g/mol. The van der Waals surface area contributed by atoms with Crippen LogP contribution in [0.2, 0.25) is 5.02 Å². The molecule has 0 aliphatic rings. The van der Waals surface area contributed by atoms with E-state index in [4.69, 9.17) is 11.6 Å². The number of aromatic carboxylic acids is 1. The average molecular weight is 464 g/mol. The normalized spacial score (nSPS) is 10.9. The van der Waals surface area contributed by atoms with E-state index in [0.717, 1.165) is 42.4 Å². The highest BCUT2D eigenvalue weighted by Crippen LogP contribution is 2.25. The second kappa shape index (κ2) is 11.7. The fourth-order valence-electron chi connectivity index (χ4n) is 4.13. The second-order valence-electron chi connectivity index (χ2n) is 8.26. The van der Waals surface area contributed by atoms with Crippen LogP contribution in [-0.4, -0.2) is 27.9 Å². The van der Waals surface area contributed by atoms with Gasteiger partial charge in [0.15, 0.2) is 0 Å². The van der Waals surface area contributed by atoms with Crippen molar-refractivity contribution in [2.24, 2.45) is 0 Å². The second-order valence-corrected chi connectivity index (χ2v) is 8.69. The summed E-state index contributed by atoms with van der Waals surface area (Å²) in [6.07, 6.45) is 3.87. The monoisotopic (exact) mass is 463 g/mol. The summed E-state index contributed by atoms with van der Waals surface area (Å²) in [4.78, 5) is 26.9. The summed E-state index contributed by atoms with van der Waals surface area (Å²) < 4.78 is 0. The molecule has 0 aliphatic carbocycles. The molecule has 3 aromatic rings. The predicted molar refractivity (Wildman–Crippen MR) is 134 cm³/mol. The Balaban J connectivity index is 1.94. The van der Waals surface area contributed by atoms with Gasteiger partial charge in [-0.05, 0) is 72.0 Å². The van der Waals surface area contributed by atoms with Gasteiger partial charge in [0.05, 0.1) is 5.56 Å². The Morgan fingerprint density at radius 3 is 2.06 bits per heavy atom. The van der Waals surface area contributed by atoms with Crippen molar-refractivity contribution in [1.29, 1.82) is 0 Å². The van der Waals surface area contributed by atoms with Crippen LogP contribution < -0.4 is 0 Å². The van der Waals surface area contributed by atoms with Crippen LogP contribution in [0.4, 0.5) is 0 Å². The number of hydrogen-bond acceptors (Lipinski definition) is 2. The fourth-order valence-corrected chi connectivity index (χ4v) is 4.25. The molecule has 0 fully saturated rings. The minimum Gasteiger partial charge on any atom is -0.478 e. The minimum atomic E-state index is -0.949. The van der Waals surface area contributed by atoms with E-state index in [2.05, 4.69) is 13.8 Å². The van der Waals surface area contributed by atoms with Gasteiger partial charge in [-0.1, -0.05) is 68.6 Å². The zero-order valence-electron chi connectivity index (χ0n) is 19.1. The summed E-state index contributed by atoms with van der Waals surface area (Å²) in [7, 11) is 0. The number of carboxylic acids is 1. The number of benzene rings is 3. The van der Waals surface area contributed by atoms with E-state index in [1.807, 2.05) is 35.2 Å². The van der Waals surface area contributed by atoms with Crippen molar-refractivity contribution in [2.45, 2.75) is 52.1 Å². The third-order valence-corrected chi connectivity index (χ3v) is 6.01. The zero-order valence-corrected chi connectivity index (χ0v) is 19.9. The largest absolute Gasteiger partial charge is 0.478 e. The first-order valence-electron chi connectivity index (χ1n) is 11.4. The number of halogens is 1. The molecule has 1 N–H and O–H groups in total. The molecule has 1 amide bonds. The Labute approximate surface area is 200 Å². The molecule has 0 aliphatic heterocycles. The Kier molecular flexibility index (Phi) is 8.67. The maximum Gasteiger partial charge on any atom is 0.335 e. The van der Waals surface area contributed by atoms with Crippen LogP contribution in [0.1, 0.15) is 65.8 Å². The molecule has 172 valence electrons. The van der Waals surface area contributed by atoms with Gasteiger partial charge in [-0.25, -0.2) is 4.79 Å². The molecule has 33 heavy (non-hydrogen) atoms. The summed E-state index contributed by atoms with van der Waals surface area (Å²) >= 11 is 6.03. The van der Waals surface area contributed by atoms with Crippen LogP contribution in [0.15, 0.2) is 72.8 Å². The maximum atomic E-state index is 13.5. The number of carboxylic acid groups (broad SMARTS) is 1. The van der Waals surface area contributed by atoms with Gasteiger partial charge in [0.25, 0.3) is 5.91 Å². The van der Waals surface area contributed by atoms with Gasteiger partial charge < -0.3 is 10.0 Å². The van der Waals surface area contributed by atoms with Crippen LogP contribution in [-0.2, 0) is 6.54 Å². The van der Waals surface area contributed by atoms with E-state index in [-0.39, 0.29) is 17.5 Å². The molecule has 0 saturated carbocycles. The van der Waals surface area contributed by atoms with Gasteiger partial charge in [0.2, 0.25) is 0 Å². The Morgan fingerprint density at radius 2 is 1.45 bits per heavy atom.